The van der Waals surface area contributed by atoms with Gasteiger partial charge in [-0.15, -0.1) is 0 Å². The van der Waals surface area contributed by atoms with Crippen LogP contribution in [0.3, 0.4) is 0 Å². The number of halogens is 1. The van der Waals surface area contributed by atoms with Crippen LogP contribution in [0.4, 0.5) is 0 Å². The third kappa shape index (κ3) is 2.05. The Morgan fingerprint density at radius 3 is 2.58 bits per heavy atom. The lowest BCUT2D eigenvalue weighted by Gasteiger charge is -2.02. The SMILES string of the molecule is N#CCc1cccc2oc(Br)c(-c3ccccc3)c12. The lowest BCUT2D eigenvalue weighted by atomic mass is 9.99. The van der Waals surface area contributed by atoms with Gasteiger partial charge in [-0.25, -0.2) is 0 Å². The Morgan fingerprint density at radius 2 is 1.84 bits per heavy atom. The summed E-state index contributed by atoms with van der Waals surface area (Å²) in [4.78, 5) is 0. The first-order chi connectivity index (χ1) is 9.31. The molecule has 19 heavy (non-hydrogen) atoms. The molecule has 2 nitrogen and oxygen atoms in total. The summed E-state index contributed by atoms with van der Waals surface area (Å²) in [6.07, 6.45) is 0.378. The predicted molar refractivity (Wildman–Crippen MR) is 78.7 cm³/mol. The summed E-state index contributed by atoms with van der Waals surface area (Å²) < 4.78 is 6.46. The first-order valence-corrected chi connectivity index (χ1v) is 6.73. The first-order valence-electron chi connectivity index (χ1n) is 5.93. The highest BCUT2D eigenvalue weighted by molar-refractivity contribution is 9.10. The Kier molecular flexibility index (Phi) is 3.10. The van der Waals surface area contributed by atoms with Crippen molar-refractivity contribution in [3.63, 3.8) is 0 Å². The zero-order chi connectivity index (χ0) is 13.2. The normalized spacial score (nSPS) is 10.5. The minimum Gasteiger partial charge on any atom is -0.449 e. The van der Waals surface area contributed by atoms with Gasteiger partial charge in [0.05, 0.1) is 12.5 Å². The second-order valence-electron chi connectivity index (χ2n) is 4.24. The van der Waals surface area contributed by atoms with E-state index in [9.17, 15) is 0 Å². The molecular formula is C16H10BrNO. The summed E-state index contributed by atoms with van der Waals surface area (Å²) in [6.45, 7) is 0. The lowest BCUT2D eigenvalue weighted by Crippen LogP contribution is -1.84. The molecule has 92 valence electrons. The van der Waals surface area contributed by atoms with Crippen LogP contribution in [0.1, 0.15) is 5.56 Å². The third-order valence-corrected chi connectivity index (χ3v) is 3.65. The van der Waals surface area contributed by atoms with Gasteiger partial charge in [-0.05, 0) is 33.1 Å². The molecule has 0 spiro atoms. The predicted octanol–water partition coefficient (Wildman–Crippen LogP) is 4.93. The molecule has 0 N–H and O–H groups in total. The van der Waals surface area contributed by atoms with Crippen LogP contribution in [0, 0.1) is 11.3 Å². The van der Waals surface area contributed by atoms with Crippen molar-refractivity contribution in [2.24, 2.45) is 0 Å². The molecular weight excluding hydrogens is 302 g/mol. The molecule has 0 aliphatic carbocycles. The Hall–Kier alpha value is -2.05. The summed E-state index contributed by atoms with van der Waals surface area (Å²) in [7, 11) is 0. The second-order valence-corrected chi connectivity index (χ2v) is 4.96. The van der Waals surface area contributed by atoms with Crippen molar-refractivity contribution in [3.8, 4) is 17.2 Å². The standard InChI is InChI=1S/C16H10BrNO/c17-16-15(11-5-2-1-3-6-11)14-12(9-10-18)7-4-8-13(14)19-16/h1-8H,9H2. The van der Waals surface area contributed by atoms with Gasteiger partial charge in [0.25, 0.3) is 0 Å². The van der Waals surface area contributed by atoms with Crippen molar-refractivity contribution in [1.29, 1.82) is 5.26 Å². The van der Waals surface area contributed by atoms with E-state index in [4.69, 9.17) is 9.68 Å². The van der Waals surface area contributed by atoms with E-state index in [1.165, 1.54) is 0 Å². The Morgan fingerprint density at radius 1 is 1.05 bits per heavy atom. The Balaban J connectivity index is 2.36. The molecule has 0 saturated heterocycles. The summed E-state index contributed by atoms with van der Waals surface area (Å²) in [5.41, 5.74) is 3.90. The molecule has 1 aromatic heterocycles. The van der Waals surface area contributed by atoms with Crippen molar-refractivity contribution in [1.82, 2.24) is 0 Å². The summed E-state index contributed by atoms with van der Waals surface area (Å²) >= 11 is 3.48. The van der Waals surface area contributed by atoms with Crippen LogP contribution in [-0.2, 0) is 6.42 Å². The van der Waals surface area contributed by atoms with E-state index in [1.54, 1.807) is 0 Å². The average molecular weight is 312 g/mol. The van der Waals surface area contributed by atoms with Crippen LogP contribution in [0.25, 0.3) is 22.1 Å². The van der Waals surface area contributed by atoms with Crippen molar-refractivity contribution in [3.05, 3.63) is 58.8 Å². The van der Waals surface area contributed by atoms with Gasteiger partial charge in [0.15, 0.2) is 4.67 Å². The first kappa shape index (κ1) is 12.0. The van der Waals surface area contributed by atoms with E-state index in [2.05, 4.69) is 22.0 Å². The van der Waals surface area contributed by atoms with Crippen molar-refractivity contribution in [2.45, 2.75) is 6.42 Å². The van der Waals surface area contributed by atoms with E-state index in [-0.39, 0.29) is 0 Å². The molecule has 3 aromatic rings. The number of fused-ring (bicyclic) bond motifs is 1. The largest absolute Gasteiger partial charge is 0.449 e. The molecule has 0 amide bonds. The molecule has 0 unspecified atom stereocenters. The van der Waals surface area contributed by atoms with Gasteiger partial charge in [-0.1, -0.05) is 42.5 Å². The fourth-order valence-corrected chi connectivity index (χ4v) is 2.89. The molecule has 0 aliphatic rings. The van der Waals surface area contributed by atoms with E-state index >= 15 is 0 Å². The van der Waals surface area contributed by atoms with Gasteiger partial charge < -0.3 is 4.42 Å². The molecule has 1 heterocycles. The van der Waals surface area contributed by atoms with E-state index in [0.29, 0.717) is 11.1 Å². The smallest absolute Gasteiger partial charge is 0.178 e. The van der Waals surface area contributed by atoms with Gasteiger partial charge in [0.2, 0.25) is 0 Å². The Bertz CT molecular complexity index is 769. The molecule has 3 rings (SSSR count). The molecule has 0 aliphatic heterocycles. The molecule has 0 bridgehead atoms. The van der Waals surface area contributed by atoms with Crippen LogP contribution in [0.15, 0.2) is 57.6 Å². The molecule has 0 radical (unpaired) electrons. The summed E-state index contributed by atoms with van der Waals surface area (Å²) in [6, 6.07) is 18.1. The minimum atomic E-state index is 0.378. The number of hydrogen-bond acceptors (Lipinski definition) is 2. The van der Waals surface area contributed by atoms with Gasteiger partial charge in [0, 0.05) is 10.9 Å². The lowest BCUT2D eigenvalue weighted by molar-refractivity contribution is 0.589. The molecule has 0 saturated carbocycles. The van der Waals surface area contributed by atoms with E-state index < -0.39 is 0 Å². The van der Waals surface area contributed by atoms with Crippen LogP contribution >= 0.6 is 15.9 Å². The van der Waals surface area contributed by atoms with Crippen LogP contribution in [0.2, 0.25) is 0 Å². The van der Waals surface area contributed by atoms with Gasteiger partial charge >= 0.3 is 0 Å². The van der Waals surface area contributed by atoms with E-state index in [0.717, 1.165) is 27.7 Å². The highest BCUT2D eigenvalue weighted by Crippen LogP contribution is 2.39. The number of benzene rings is 2. The van der Waals surface area contributed by atoms with E-state index in [1.807, 2.05) is 48.5 Å². The molecule has 3 heteroatoms. The van der Waals surface area contributed by atoms with Crippen LogP contribution in [-0.4, -0.2) is 0 Å². The fourth-order valence-electron chi connectivity index (χ4n) is 2.29. The quantitative estimate of drug-likeness (QED) is 0.673. The molecule has 2 aromatic carbocycles. The summed E-state index contributed by atoms with van der Waals surface area (Å²) in [5, 5.41) is 9.97. The third-order valence-electron chi connectivity index (χ3n) is 3.09. The summed E-state index contributed by atoms with van der Waals surface area (Å²) in [5.74, 6) is 0. The van der Waals surface area contributed by atoms with Crippen LogP contribution < -0.4 is 0 Å². The number of nitriles is 1. The van der Waals surface area contributed by atoms with Gasteiger partial charge in [-0.3, -0.25) is 0 Å². The zero-order valence-electron chi connectivity index (χ0n) is 10.1. The number of hydrogen-bond donors (Lipinski definition) is 0. The second kappa shape index (κ2) is 4.91. The van der Waals surface area contributed by atoms with Crippen molar-refractivity contribution in [2.75, 3.05) is 0 Å². The number of furan rings is 1. The average Bonchev–Trinajstić information content (AvgIpc) is 2.77. The highest BCUT2D eigenvalue weighted by atomic mass is 79.9. The maximum Gasteiger partial charge on any atom is 0.178 e. The zero-order valence-corrected chi connectivity index (χ0v) is 11.6. The Labute approximate surface area is 119 Å². The molecule has 0 atom stereocenters. The maximum atomic E-state index is 8.96. The van der Waals surface area contributed by atoms with Gasteiger partial charge in [-0.2, -0.15) is 5.26 Å². The highest BCUT2D eigenvalue weighted by Gasteiger charge is 2.16. The minimum absolute atomic E-state index is 0.378. The van der Waals surface area contributed by atoms with Crippen molar-refractivity contribution >= 4 is 26.9 Å². The number of rotatable bonds is 2. The monoisotopic (exact) mass is 311 g/mol. The van der Waals surface area contributed by atoms with Crippen LogP contribution in [0.5, 0.6) is 0 Å². The van der Waals surface area contributed by atoms with Crippen molar-refractivity contribution < 1.29 is 4.42 Å². The topological polar surface area (TPSA) is 36.9 Å². The van der Waals surface area contributed by atoms with Gasteiger partial charge in [0.1, 0.15) is 5.58 Å². The fraction of sp³-hybridized carbons (Fsp3) is 0.0625. The maximum absolute atomic E-state index is 8.96. The molecule has 0 fully saturated rings. The number of nitrogens with zero attached hydrogens (tertiary/aromatic N) is 1.